The summed E-state index contributed by atoms with van der Waals surface area (Å²) in [5.41, 5.74) is 2.14. The van der Waals surface area contributed by atoms with Gasteiger partial charge in [-0.1, -0.05) is 6.07 Å². The zero-order chi connectivity index (χ0) is 24.1. The highest BCUT2D eigenvalue weighted by Gasteiger charge is 2.35. The van der Waals surface area contributed by atoms with Gasteiger partial charge >= 0.3 is 0 Å². The van der Waals surface area contributed by atoms with Crippen LogP contribution >= 0.6 is 0 Å². The molecule has 3 atom stereocenters. The molecule has 1 aromatic carbocycles. The number of phenols is 1. The highest BCUT2D eigenvalue weighted by Crippen LogP contribution is 2.41. The first kappa shape index (κ1) is 27.2. The molecule has 0 fully saturated rings. The van der Waals surface area contributed by atoms with Crippen molar-refractivity contribution in [3.05, 3.63) is 47.5 Å². The molecule has 8 nitrogen and oxygen atoms in total. The lowest BCUT2D eigenvalue weighted by atomic mass is 9.72. The number of aromatic nitrogens is 1. The van der Waals surface area contributed by atoms with E-state index in [1.807, 2.05) is 0 Å². The molecule has 0 aliphatic heterocycles. The van der Waals surface area contributed by atoms with Crippen molar-refractivity contribution in [1.29, 1.82) is 0 Å². The Morgan fingerprint density at radius 3 is 2.53 bits per heavy atom. The third-order valence-corrected chi connectivity index (χ3v) is 6.31. The third-order valence-electron chi connectivity index (χ3n) is 6.31. The molecule has 0 saturated heterocycles. The summed E-state index contributed by atoms with van der Waals surface area (Å²) in [6.07, 6.45) is 2.29. The monoisotopic (exact) mass is 479 g/mol. The molecular formula is C25H34FNO7. The van der Waals surface area contributed by atoms with Crippen molar-refractivity contribution in [2.75, 3.05) is 13.2 Å². The molecule has 0 amide bonds. The Bertz CT molecular complexity index is 1050. The van der Waals surface area contributed by atoms with Crippen LogP contribution in [-0.2, 0) is 16.0 Å². The normalized spacial score (nSPS) is 16.8. The summed E-state index contributed by atoms with van der Waals surface area (Å²) in [6.45, 7) is 0.669. The van der Waals surface area contributed by atoms with Crippen molar-refractivity contribution in [3.8, 4) is 16.9 Å². The number of hydrogen-bond donors (Lipinski definition) is 3. The Hall–Kier alpha value is -3.01. The quantitative estimate of drug-likeness (QED) is 0.349. The van der Waals surface area contributed by atoms with Crippen molar-refractivity contribution in [2.45, 2.75) is 39.0 Å². The number of hydrogen-bond acceptors (Lipinski definition) is 7. The van der Waals surface area contributed by atoms with Gasteiger partial charge in [-0.2, -0.15) is 4.39 Å². The fourth-order valence-electron chi connectivity index (χ4n) is 4.82. The molecule has 2 aromatic rings. The molecule has 1 heterocycles. The number of carbonyl (C=O) groups excluding carboxylic acids is 3. The Kier molecular flexibility index (Phi) is 9.55. The van der Waals surface area contributed by atoms with Gasteiger partial charge in [0.1, 0.15) is 17.3 Å². The second-order valence-electron chi connectivity index (χ2n) is 8.70. The molecule has 0 bridgehead atoms. The highest BCUT2D eigenvalue weighted by atomic mass is 19.1. The van der Waals surface area contributed by atoms with Crippen LogP contribution in [0, 0.1) is 23.7 Å². The van der Waals surface area contributed by atoms with Crippen LogP contribution in [0.5, 0.6) is 5.75 Å². The van der Waals surface area contributed by atoms with E-state index in [4.69, 9.17) is 0 Å². The van der Waals surface area contributed by atoms with E-state index in [1.165, 1.54) is 25.3 Å². The Labute approximate surface area is 199 Å². The number of carbonyl (C=O) groups is 3. The Balaban J connectivity index is 0.00000408. The average Bonchev–Trinajstić information content (AvgIpc) is 2.74. The number of phenolic OH excluding ortho intramolecular Hbond substituents is 1. The van der Waals surface area contributed by atoms with Crippen molar-refractivity contribution >= 4 is 17.3 Å². The maximum absolute atomic E-state index is 13.3. The number of aromatic hydroxyl groups is 1. The number of fused-ring (bicyclic) bond motifs is 1. The molecule has 1 aliphatic carbocycles. The summed E-state index contributed by atoms with van der Waals surface area (Å²) in [6, 6.07) is 5.88. The fourth-order valence-corrected chi connectivity index (χ4v) is 4.82. The van der Waals surface area contributed by atoms with E-state index < -0.39 is 24.4 Å². The number of nitrogens with zero attached hydrogens (tertiary/aromatic N) is 1. The maximum Gasteiger partial charge on any atom is 0.212 e. The Morgan fingerprint density at radius 2 is 1.94 bits per heavy atom. The molecular weight excluding hydrogens is 445 g/mol. The number of benzene rings is 1. The predicted octanol–water partition coefficient (Wildman–Crippen LogP) is 2.55. The summed E-state index contributed by atoms with van der Waals surface area (Å²) >= 11 is 0. The minimum atomic E-state index is -0.803. The van der Waals surface area contributed by atoms with Crippen LogP contribution in [-0.4, -0.2) is 56.3 Å². The number of ketones is 3. The second kappa shape index (κ2) is 11.9. The zero-order valence-corrected chi connectivity index (χ0v) is 19.0. The topological polar surface area (TPSA) is 156 Å². The van der Waals surface area contributed by atoms with Crippen LogP contribution in [0.15, 0.2) is 30.5 Å². The second-order valence-corrected chi connectivity index (χ2v) is 8.70. The smallest absolute Gasteiger partial charge is 0.212 e. The van der Waals surface area contributed by atoms with Crippen molar-refractivity contribution in [2.24, 2.45) is 17.8 Å². The van der Waals surface area contributed by atoms with E-state index in [0.717, 1.165) is 0 Å². The van der Waals surface area contributed by atoms with Gasteiger partial charge in [0.2, 0.25) is 5.95 Å². The van der Waals surface area contributed by atoms with E-state index in [2.05, 4.69) is 4.98 Å². The minimum Gasteiger partial charge on any atom is -0.507 e. The molecule has 1 aliphatic rings. The average molecular weight is 480 g/mol. The van der Waals surface area contributed by atoms with E-state index in [0.29, 0.717) is 29.5 Å². The van der Waals surface area contributed by atoms with Gasteiger partial charge in [-0.25, -0.2) is 4.98 Å². The van der Waals surface area contributed by atoms with E-state index >= 15 is 0 Å². The molecule has 34 heavy (non-hydrogen) atoms. The first-order valence-electron chi connectivity index (χ1n) is 11.0. The summed E-state index contributed by atoms with van der Waals surface area (Å²) < 4.78 is 13.3. The molecule has 0 saturated carbocycles. The fraction of sp³-hybridized carbons (Fsp3) is 0.440. The first-order chi connectivity index (χ1) is 15.7. The number of Topliss-reactive ketones (excluding diaryl/α,β-unsaturated/α-hetero) is 3. The molecule has 3 rings (SSSR count). The van der Waals surface area contributed by atoms with Crippen molar-refractivity contribution in [1.82, 2.24) is 4.98 Å². The van der Waals surface area contributed by atoms with Gasteiger partial charge in [0.05, 0.1) is 18.6 Å². The number of aliphatic hydroxyl groups is 2. The van der Waals surface area contributed by atoms with Gasteiger partial charge in [-0.05, 0) is 67.3 Å². The molecule has 1 aromatic heterocycles. The predicted molar refractivity (Wildman–Crippen MR) is 126 cm³/mol. The molecule has 188 valence electrons. The van der Waals surface area contributed by atoms with Gasteiger partial charge in [0.15, 0.2) is 5.78 Å². The number of halogens is 1. The zero-order valence-electron chi connectivity index (χ0n) is 19.0. The lowest BCUT2D eigenvalue weighted by molar-refractivity contribution is -0.131. The SMILES string of the molecule is CC(=O)CC(=O)C(CO)C(CCO)CC1CC(=O)c2c(O)ccc(-c3ccc(F)nc3)c2C1.O.[HH].[HH]. The summed E-state index contributed by atoms with van der Waals surface area (Å²) in [7, 11) is 0. The van der Waals surface area contributed by atoms with E-state index in [-0.39, 0.29) is 68.8 Å². The van der Waals surface area contributed by atoms with Crippen molar-refractivity contribution < 1.29 is 42.4 Å². The van der Waals surface area contributed by atoms with Crippen LogP contribution in [0.2, 0.25) is 0 Å². The van der Waals surface area contributed by atoms with E-state index in [1.54, 1.807) is 12.1 Å². The summed E-state index contributed by atoms with van der Waals surface area (Å²) in [4.78, 5) is 40.6. The first-order valence-corrected chi connectivity index (χ1v) is 11.0. The van der Waals surface area contributed by atoms with Crippen LogP contribution < -0.4 is 0 Å². The molecule has 0 radical (unpaired) electrons. The Morgan fingerprint density at radius 1 is 1.21 bits per heavy atom. The van der Waals surface area contributed by atoms with Crippen LogP contribution in [0.25, 0.3) is 11.1 Å². The summed E-state index contributed by atoms with van der Waals surface area (Å²) in [5.74, 6) is -3.06. The number of pyridine rings is 1. The van der Waals surface area contributed by atoms with Gasteiger partial charge in [0.25, 0.3) is 0 Å². The van der Waals surface area contributed by atoms with Gasteiger partial charge < -0.3 is 20.8 Å². The summed E-state index contributed by atoms with van der Waals surface area (Å²) in [5, 5.41) is 29.7. The van der Waals surface area contributed by atoms with Crippen LogP contribution in [0.3, 0.4) is 0 Å². The third kappa shape index (κ3) is 6.11. The van der Waals surface area contributed by atoms with Crippen molar-refractivity contribution in [3.63, 3.8) is 0 Å². The largest absolute Gasteiger partial charge is 0.507 e. The number of rotatable bonds is 10. The number of aliphatic hydroxyl groups excluding tert-OH is 2. The maximum atomic E-state index is 13.3. The van der Waals surface area contributed by atoms with Crippen LogP contribution in [0.4, 0.5) is 4.39 Å². The highest BCUT2D eigenvalue weighted by molar-refractivity contribution is 6.03. The van der Waals surface area contributed by atoms with Crippen LogP contribution in [0.1, 0.15) is 51.4 Å². The molecule has 3 unspecified atom stereocenters. The minimum absolute atomic E-state index is 0. The molecule has 5 N–H and O–H groups in total. The standard InChI is InChI=1S/C25H28FNO6.H2O.2H2/c1-14(30)8-22(32)20(13-29)16(6-7-28)9-15-10-19-18(17-2-5-24(26)27-12-17)3-4-21(31)25(19)23(33)11-15;;;/h2-5,12,15-16,20,28-29,31H,6-11,13H2,1H3;1H2;2*1H. The lowest BCUT2D eigenvalue weighted by Gasteiger charge is -2.31. The molecule has 9 heteroatoms. The van der Waals surface area contributed by atoms with Gasteiger partial charge in [-0.3, -0.25) is 14.4 Å². The molecule has 0 spiro atoms. The van der Waals surface area contributed by atoms with E-state index in [9.17, 15) is 34.1 Å². The lowest BCUT2D eigenvalue weighted by Crippen LogP contribution is -2.32. The van der Waals surface area contributed by atoms with Gasteiger partial charge in [0, 0.05) is 33.6 Å². The van der Waals surface area contributed by atoms with Gasteiger partial charge in [-0.15, -0.1) is 0 Å².